The second-order valence-corrected chi connectivity index (χ2v) is 18.0. The van der Waals surface area contributed by atoms with Crippen molar-refractivity contribution in [3.05, 3.63) is 179 Å². The number of hydrogen-bond donors (Lipinski definition) is 1. The fourth-order valence-electron chi connectivity index (χ4n) is 7.16. The van der Waals surface area contributed by atoms with E-state index in [0.717, 1.165) is 34.8 Å². The van der Waals surface area contributed by atoms with E-state index >= 15 is 0 Å². The van der Waals surface area contributed by atoms with Crippen LogP contribution in [0.15, 0.2) is 155 Å². The highest BCUT2D eigenvalue weighted by molar-refractivity contribution is 6.16. The van der Waals surface area contributed by atoms with E-state index in [1.807, 2.05) is 0 Å². The highest BCUT2D eigenvalue weighted by atomic mass is 15.2. The van der Waals surface area contributed by atoms with Crippen LogP contribution in [0.2, 0.25) is 0 Å². The predicted octanol–water partition coefficient (Wildman–Crippen LogP) is 12.7. The summed E-state index contributed by atoms with van der Waals surface area (Å²) in [4.78, 5) is 10.4. The third-order valence-electron chi connectivity index (χ3n) is 10.9. The van der Waals surface area contributed by atoms with E-state index in [0.29, 0.717) is 5.92 Å². The van der Waals surface area contributed by atoms with Gasteiger partial charge in [-0.15, -0.1) is 0 Å². The standard InChI is InChI=1S/C51H55N3/c1-49(2,3)43-28-22-37(23-29-43)34-10-16-40(17-11-34)46-52-47(41-18-12-35(13-19-41)38-24-30-44(31-25-38)50(4,5)6)54-48(53-46)42-20-14-36(15-21-42)39-26-32-45(33-27-39)51(7,8)9/h10-14,16-33,36,48H,15H2,1-9H3,(H,52,53,54). The fraction of sp³-hybridized carbons (Fsp3) is 0.294. The third kappa shape index (κ3) is 8.26. The summed E-state index contributed by atoms with van der Waals surface area (Å²) in [6.45, 7) is 20.3. The zero-order valence-electron chi connectivity index (χ0n) is 33.5. The number of hydrogen-bond acceptors (Lipinski definition) is 3. The van der Waals surface area contributed by atoms with Gasteiger partial charge in [-0.3, -0.25) is 0 Å². The van der Waals surface area contributed by atoms with Crippen molar-refractivity contribution in [1.29, 1.82) is 0 Å². The summed E-state index contributed by atoms with van der Waals surface area (Å²) < 4.78 is 0. The molecule has 7 rings (SSSR count). The molecular weight excluding hydrogens is 655 g/mol. The molecule has 1 N–H and O–H groups in total. The van der Waals surface area contributed by atoms with E-state index in [-0.39, 0.29) is 22.4 Å². The van der Waals surface area contributed by atoms with Crippen molar-refractivity contribution in [1.82, 2.24) is 5.32 Å². The van der Waals surface area contributed by atoms with Gasteiger partial charge in [0.15, 0.2) is 6.17 Å². The molecular formula is C51H55N3. The molecule has 1 unspecified atom stereocenters. The SMILES string of the molecule is CC(C)(C)c1ccc(-c2ccc(C3=NC(C4=CCC(c5ccc(C(C)(C)C)cc5)C=C4)N=C(c4ccc(-c5ccc(C(C)(C)C)cc5)cc4)N3)cc2)cc1. The predicted molar refractivity (Wildman–Crippen MR) is 231 cm³/mol. The van der Waals surface area contributed by atoms with Crippen LogP contribution >= 0.6 is 0 Å². The average molecular weight is 710 g/mol. The molecule has 5 aromatic rings. The van der Waals surface area contributed by atoms with Crippen LogP contribution in [0.1, 0.15) is 108 Å². The van der Waals surface area contributed by atoms with Crippen LogP contribution in [-0.4, -0.2) is 17.8 Å². The van der Waals surface area contributed by atoms with Gasteiger partial charge in [0.25, 0.3) is 0 Å². The lowest BCUT2D eigenvalue weighted by atomic mass is 9.84. The molecule has 0 spiro atoms. The minimum Gasteiger partial charge on any atom is -0.324 e. The van der Waals surface area contributed by atoms with Gasteiger partial charge in [0.2, 0.25) is 0 Å². The first-order valence-corrected chi connectivity index (χ1v) is 19.5. The summed E-state index contributed by atoms with van der Waals surface area (Å²) in [6.07, 6.45) is 7.47. The molecule has 5 aromatic carbocycles. The lowest BCUT2D eigenvalue weighted by Gasteiger charge is -2.25. The van der Waals surface area contributed by atoms with Crippen LogP contribution < -0.4 is 5.32 Å². The van der Waals surface area contributed by atoms with Crippen LogP contribution in [0.25, 0.3) is 22.3 Å². The normalized spacial score (nSPS) is 16.7. The Balaban J connectivity index is 1.16. The summed E-state index contributed by atoms with van der Waals surface area (Å²) in [5, 5.41) is 3.62. The highest BCUT2D eigenvalue weighted by Gasteiger charge is 2.24. The molecule has 274 valence electrons. The lowest BCUT2D eigenvalue weighted by molar-refractivity contribution is 0.589. The first kappa shape index (κ1) is 37.1. The summed E-state index contributed by atoms with van der Waals surface area (Å²) in [6, 6.07) is 44.5. The summed E-state index contributed by atoms with van der Waals surface area (Å²) in [5.74, 6) is 2.00. The Morgan fingerprint density at radius 3 is 1.11 bits per heavy atom. The molecule has 0 amide bonds. The number of rotatable bonds is 6. The van der Waals surface area contributed by atoms with Gasteiger partial charge in [0, 0.05) is 17.0 Å². The third-order valence-corrected chi connectivity index (χ3v) is 10.9. The maximum atomic E-state index is 5.22. The van der Waals surface area contributed by atoms with Crippen molar-refractivity contribution in [2.45, 2.75) is 97.1 Å². The van der Waals surface area contributed by atoms with Crippen molar-refractivity contribution in [2.24, 2.45) is 9.98 Å². The second kappa shape index (κ2) is 14.5. The van der Waals surface area contributed by atoms with Crippen molar-refractivity contribution >= 4 is 11.7 Å². The van der Waals surface area contributed by atoms with Crippen LogP contribution in [-0.2, 0) is 16.2 Å². The van der Waals surface area contributed by atoms with Gasteiger partial charge in [-0.2, -0.15) is 0 Å². The van der Waals surface area contributed by atoms with Crippen LogP contribution in [0.4, 0.5) is 0 Å². The molecule has 0 saturated carbocycles. The van der Waals surface area contributed by atoms with Crippen LogP contribution in [0.3, 0.4) is 0 Å². The molecule has 0 aromatic heterocycles. The molecule has 0 saturated heterocycles. The quantitative estimate of drug-likeness (QED) is 0.187. The highest BCUT2D eigenvalue weighted by Crippen LogP contribution is 2.33. The zero-order chi connectivity index (χ0) is 38.3. The van der Waals surface area contributed by atoms with Crippen molar-refractivity contribution in [2.75, 3.05) is 0 Å². The van der Waals surface area contributed by atoms with E-state index in [1.165, 1.54) is 44.5 Å². The molecule has 2 aliphatic rings. The number of aliphatic imine (C=N–C) groups is 2. The van der Waals surface area contributed by atoms with Crippen molar-refractivity contribution in [3.63, 3.8) is 0 Å². The number of amidine groups is 2. The Morgan fingerprint density at radius 2 is 0.778 bits per heavy atom. The Hall–Kier alpha value is -5.28. The number of allylic oxidation sites excluding steroid dienone is 2. The summed E-state index contributed by atoms with van der Waals surface area (Å²) in [7, 11) is 0. The van der Waals surface area contributed by atoms with Gasteiger partial charge in [-0.25, -0.2) is 9.98 Å². The van der Waals surface area contributed by atoms with E-state index in [4.69, 9.17) is 9.98 Å². The van der Waals surface area contributed by atoms with E-state index in [2.05, 4.69) is 207 Å². The minimum atomic E-state index is -0.342. The summed E-state index contributed by atoms with van der Waals surface area (Å²) >= 11 is 0. The minimum absolute atomic E-state index is 0.128. The number of nitrogens with zero attached hydrogens (tertiary/aromatic N) is 2. The van der Waals surface area contributed by atoms with Gasteiger partial charge in [0.05, 0.1) is 0 Å². The largest absolute Gasteiger partial charge is 0.324 e. The van der Waals surface area contributed by atoms with E-state index < -0.39 is 0 Å². The maximum Gasteiger partial charge on any atom is 0.169 e. The van der Waals surface area contributed by atoms with Crippen LogP contribution in [0, 0.1) is 0 Å². The molecule has 1 aliphatic heterocycles. The van der Waals surface area contributed by atoms with Gasteiger partial charge in [-0.1, -0.05) is 202 Å². The summed E-state index contributed by atoms with van der Waals surface area (Å²) in [5.41, 5.74) is 13.8. The van der Waals surface area contributed by atoms with Gasteiger partial charge < -0.3 is 5.32 Å². The van der Waals surface area contributed by atoms with E-state index in [9.17, 15) is 0 Å². The Labute approximate surface area is 323 Å². The fourth-order valence-corrected chi connectivity index (χ4v) is 7.16. The molecule has 0 radical (unpaired) electrons. The van der Waals surface area contributed by atoms with Crippen molar-refractivity contribution in [3.8, 4) is 22.3 Å². The molecule has 0 bridgehead atoms. The Bertz CT molecular complexity index is 2090. The van der Waals surface area contributed by atoms with Gasteiger partial charge in [-0.05, 0) is 72.7 Å². The monoisotopic (exact) mass is 709 g/mol. The van der Waals surface area contributed by atoms with Crippen molar-refractivity contribution < 1.29 is 0 Å². The molecule has 3 nitrogen and oxygen atoms in total. The molecule has 3 heteroatoms. The van der Waals surface area contributed by atoms with Gasteiger partial charge in [0.1, 0.15) is 11.7 Å². The molecule has 54 heavy (non-hydrogen) atoms. The second-order valence-electron chi connectivity index (χ2n) is 18.0. The Morgan fingerprint density at radius 1 is 0.444 bits per heavy atom. The maximum absolute atomic E-state index is 5.22. The lowest BCUT2D eigenvalue weighted by Crippen LogP contribution is -2.38. The first-order chi connectivity index (χ1) is 25.6. The average Bonchev–Trinajstić information content (AvgIpc) is 3.17. The smallest absolute Gasteiger partial charge is 0.169 e. The molecule has 1 heterocycles. The van der Waals surface area contributed by atoms with Gasteiger partial charge >= 0.3 is 0 Å². The Kier molecular flexibility index (Phi) is 9.96. The molecule has 1 atom stereocenters. The van der Waals surface area contributed by atoms with Crippen LogP contribution in [0.5, 0.6) is 0 Å². The first-order valence-electron chi connectivity index (χ1n) is 19.5. The zero-order valence-corrected chi connectivity index (χ0v) is 33.5. The topological polar surface area (TPSA) is 36.8 Å². The molecule has 0 fully saturated rings. The molecule has 1 aliphatic carbocycles. The number of nitrogens with one attached hydrogen (secondary N) is 1. The van der Waals surface area contributed by atoms with E-state index in [1.54, 1.807) is 0 Å². The number of benzene rings is 5.